The molecule has 1 aliphatic rings. The number of rotatable bonds is 4. The molecule has 110 valence electrons. The Balaban J connectivity index is 1.87. The van der Waals surface area contributed by atoms with Gasteiger partial charge in [-0.2, -0.15) is 0 Å². The molecule has 0 atom stereocenters. The first-order chi connectivity index (χ1) is 9.60. The van der Waals surface area contributed by atoms with Gasteiger partial charge in [0.05, 0.1) is 6.54 Å². The Kier molecular flexibility index (Phi) is 5.15. The molecule has 0 bridgehead atoms. The van der Waals surface area contributed by atoms with Crippen LogP contribution >= 0.6 is 0 Å². The number of benzene rings is 1. The van der Waals surface area contributed by atoms with Crippen LogP contribution in [0, 0.1) is 13.8 Å². The lowest BCUT2D eigenvalue weighted by Gasteiger charge is -2.31. The second-order valence-corrected chi connectivity index (χ2v) is 5.65. The van der Waals surface area contributed by atoms with E-state index in [9.17, 15) is 4.79 Å². The Morgan fingerprint density at radius 3 is 2.40 bits per heavy atom. The largest absolute Gasteiger partial charge is 0.324 e. The predicted octanol–water partition coefficient (Wildman–Crippen LogP) is 1.93. The van der Waals surface area contributed by atoms with E-state index < -0.39 is 0 Å². The molecule has 4 nitrogen and oxygen atoms in total. The second kappa shape index (κ2) is 6.86. The summed E-state index contributed by atoms with van der Waals surface area (Å²) in [6, 6.07) is 6.68. The zero-order chi connectivity index (χ0) is 14.5. The number of nitrogens with zero attached hydrogens (tertiary/aromatic N) is 1. The summed E-state index contributed by atoms with van der Waals surface area (Å²) in [6.07, 6.45) is 2.24. The molecule has 0 aliphatic carbocycles. The van der Waals surface area contributed by atoms with Crippen LogP contribution in [0.5, 0.6) is 0 Å². The summed E-state index contributed by atoms with van der Waals surface area (Å²) in [7, 11) is 2.01. The highest BCUT2D eigenvalue weighted by Gasteiger charge is 2.19. The lowest BCUT2D eigenvalue weighted by Crippen LogP contribution is -2.44. The molecule has 0 aromatic heterocycles. The molecular formula is C16H25N3O. The van der Waals surface area contributed by atoms with Gasteiger partial charge >= 0.3 is 0 Å². The van der Waals surface area contributed by atoms with Crippen molar-refractivity contribution >= 4 is 11.6 Å². The van der Waals surface area contributed by atoms with Crippen molar-refractivity contribution in [2.45, 2.75) is 32.7 Å². The number of carbonyl (C=O) groups excluding carboxylic acids is 1. The van der Waals surface area contributed by atoms with Gasteiger partial charge in [-0.1, -0.05) is 18.2 Å². The van der Waals surface area contributed by atoms with Crippen LogP contribution in [0.4, 0.5) is 5.69 Å². The molecule has 2 rings (SSSR count). The van der Waals surface area contributed by atoms with E-state index in [1.165, 1.54) is 0 Å². The third-order valence-electron chi connectivity index (χ3n) is 4.11. The molecule has 1 saturated heterocycles. The fourth-order valence-corrected chi connectivity index (χ4v) is 2.77. The topological polar surface area (TPSA) is 44.4 Å². The lowest BCUT2D eigenvalue weighted by molar-refractivity contribution is -0.117. The monoisotopic (exact) mass is 275 g/mol. The van der Waals surface area contributed by atoms with E-state index in [0.29, 0.717) is 12.6 Å². The van der Waals surface area contributed by atoms with Crippen LogP contribution in [0.3, 0.4) is 0 Å². The molecular weight excluding hydrogens is 250 g/mol. The minimum Gasteiger partial charge on any atom is -0.324 e. The van der Waals surface area contributed by atoms with Gasteiger partial charge in [0.2, 0.25) is 5.91 Å². The molecule has 4 heteroatoms. The zero-order valence-electron chi connectivity index (χ0n) is 12.7. The van der Waals surface area contributed by atoms with Crippen molar-refractivity contribution < 1.29 is 4.79 Å². The number of likely N-dealkylation sites (tertiary alicyclic amines) is 1. The Morgan fingerprint density at radius 1 is 1.25 bits per heavy atom. The first-order valence-electron chi connectivity index (χ1n) is 7.36. The van der Waals surface area contributed by atoms with Crippen molar-refractivity contribution in [3.05, 3.63) is 29.3 Å². The summed E-state index contributed by atoms with van der Waals surface area (Å²) in [6.45, 7) is 6.53. The smallest absolute Gasteiger partial charge is 0.238 e. The highest BCUT2D eigenvalue weighted by atomic mass is 16.2. The third kappa shape index (κ3) is 3.81. The molecule has 1 heterocycles. The molecule has 1 aromatic carbocycles. The van der Waals surface area contributed by atoms with Crippen LogP contribution in [0.25, 0.3) is 0 Å². The van der Waals surface area contributed by atoms with E-state index in [1.807, 2.05) is 39.1 Å². The summed E-state index contributed by atoms with van der Waals surface area (Å²) in [5, 5.41) is 6.36. The van der Waals surface area contributed by atoms with Crippen molar-refractivity contribution in [2.24, 2.45) is 0 Å². The maximum atomic E-state index is 12.2. The maximum absolute atomic E-state index is 12.2. The van der Waals surface area contributed by atoms with Crippen LogP contribution in [-0.4, -0.2) is 43.5 Å². The minimum absolute atomic E-state index is 0.0882. The van der Waals surface area contributed by atoms with Gasteiger partial charge in [0.15, 0.2) is 0 Å². The molecule has 0 radical (unpaired) electrons. The number of piperidine rings is 1. The average Bonchev–Trinajstić information content (AvgIpc) is 2.44. The van der Waals surface area contributed by atoms with Gasteiger partial charge < -0.3 is 10.6 Å². The molecule has 1 amide bonds. The van der Waals surface area contributed by atoms with E-state index in [0.717, 1.165) is 42.7 Å². The van der Waals surface area contributed by atoms with Gasteiger partial charge in [-0.05, 0) is 44.9 Å². The number of aryl methyl sites for hydroxylation is 2. The molecule has 0 unspecified atom stereocenters. The maximum Gasteiger partial charge on any atom is 0.238 e. The minimum atomic E-state index is 0.0882. The van der Waals surface area contributed by atoms with E-state index in [2.05, 4.69) is 15.5 Å². The quantitative estimate of drug-likeness (QED) is 0.882. The second-order valence-electron chi connectivity index (χ2n) is 5.65. The van der Waals surface area contributed by atoms with Crippen LogP contribution in [0.15, 0.2) is 18.2 Å². The molecule has 0 spiro atoms. The first-order valence-corrected chi connectivity index (χ1v) is 7.36. The molecule has 1 aromatic rings. The fourth-order valence-electron chi connectivity index (χ4n) is 2.77. The Labute approximate surface area is 121 Å². The molecule has 2 N–H and O–H groups in total. The van der Waals surface area contributed by atoms with Crippen molar-refractivity contribution in [1.29, 1.82) is 0 Å². The summed E-state index contributed by atoms with van der Waals surface area (Å²) < 4.78 is 0. The van der Waals surface area contributed by atoms with Crippen molar-refractivity contribution in [1.82, 2.24) is 10.2 Å². The number of hydrogen-bond donors (Lipinski definition) is 2. The first kappa shape index (κ1) is 15.0. The molecule has 1 fully saturated rings. The summed E-state index contributed by atoms with van der Waals surface area (Å²) in [5.41, 5.74) is 3.20. The molecule has 1 aliphatic heterocycles. The summed E-state index contributed by atoms with van der Waals surface area (Å²) in [5.74, 6) is 0.0882. The average molecular weight is 275 g/mol. The van der Waals surface area contributed by atoms with Gasteiger partial charge in [-0.3, -0.25) is 9.69 Å². The number of nitrogens with one attached hydrogen (secondary N) is 2. The molecule has 20 heavy (non-hydrogen) atoms. The predicted molar refractivity (Wildman–Crippen MR) is 83.1 cm³/mol. The van der Waals surface area contributed by atoms with Gasteiger partial charge in [0.25, 0.3) is 0 Å². The Morgan fingerprint density at radius 2 is 1.85 bits per heavy atom. The highest BCUT2D eigenvalue weighted by Crippen LogP contribution is 2.19. The standard InChI is InChI=1S/C16H25N3O/c1-12-5-4-6-13(2)16(12)18-15(20)11-19-9-7-14(17-3)8-10-19/h4-6,14,17H,7-11H2,1-3H3,(H,18,20). The van der Waals surface area contributed by atoms with Crippen molar-refractivity contribution in [2.75, 3.05) is 32.0 Å². The zero-order valence-corrected chi connectivity index (χ0v) is 12.7. The number of hydrogen-bond acceptors (Lipinski definition) is 3. The SMILES string of the molecule is CNC1CCN(CC(=O)Nc2c(C)cccc2C)CC1. The molecule has 0 saturated carbocycles. The number of carbonyl (C=O) groups is 1. The number of amides is 1. The van der Waals surface area contributed by atoms with E-state index in [1.54, 1.807) is 0 Å². The highest BCUT2D eigenvalue weighted by molar-refractivity contribution is 5.93. The van der Waals surface area contributed by atoms with Crippen LogP contribution in [0.1, 0.15) is 24.0 Å². The summed E-state index contributed by atoms with van der Waals surface area (Å²) in [4.78, 5) is 14.4. The van der Waals surface area contributed by atoms with Gasteiger partial charge in [0.1, 0.15) is 0 Å². The van der Waals surface area contributed by atoms with Gasteiger partial charge in [-0.25, -0.2) is 0 Å². The van der Waals surface area contributed by atoms with E-state index in [4.69, 9.17) is 0 Å². The van der Waals surface area contributed by atoms with E-state index in [-0.39, 0.29) is 5.91 Å². The van der Waals surface area contributed by atoms with Gasteiger partial charge in [-0.15, -0.1) is 0 Å². The lowest BCUT2D eigenvalue weighted by atomic mass is 10.1. The van der Waals surface area contributed by atoms with Crippen LogP contribution in [0.2, 0.25) is 0 Å². The van der Waals surface area contributed by atoms with Crippen LogP contribution in [-0.2, 0) is 4.79 Å². The number of anilines is 1. The summed E-state index contributed by atoms with van der Waals surface area (Å²) >= 11 is 0. The van der Waals surface area contributed by atoms with E-state index >= 15 is 0 Å². The van der Waals surface area contributed by atoms with Crippen molar-refractivity contribution in [3.63, 3.8) is 0 Å². The van der Waals surface area contributed by atoms with Crippen molar-refractivity contribution in [3.8, 4) is 0 Å². The number of para-hydroxylation sites is 1. The fraction of sp³-hybridized carbons (Fsp3) is 0.562. The Hall–Kier alpha value is -1.39. The van der Waals surface area contributed by atoms with Gasteiger partial charge in [0, 0.05) is 24.8 Å². The third-order valence-corrected chi connectivity index (χ3v) is 4.11. The normalized spacial score (nSPS) is 17.1. The Bertz CT molecular complexity index is 445. The van der Waals surface area contributed by atoms with Crippen LogP contribution < -0.4 is 10.6 Å².